The second-order valence-electron chi connectivity index (χ2n) is 4.33. The van der Waals surface area contributed by atoms with Crippen LogP contribution >= 0.6 is 67.8 Å². The highest BCUT2D eigenvalue weighted by Crippen LogP contribution is 2.32. The molecule has 0 fully saturated rings. The Morgan fingerprint density at radius 1 is 0.750 bits per heavy atom. The van der Waals surface area contributed by atoms with E-state index in [0.29, 0.717) is 3.57 Å². The largest absolute Gasteiger partial charge is 0.478 e. The molecule has 1 rings (SSSR count). The average Bonchev–Trinajstić information content (AvgIpc) is 2.50. The molecule has 0 unspecified atom stereocenters. The number of aliphatic hydroxyl groups excluding tert-OH is 2. The molecule has 8 nitrogen and oxygen atoms in total. The van der Waals surface area contributed by atoms with Gasteiger partial charge in [0.2, 0.25) is 0 Å². The van der Waals surface area contributed by atoms with Gasteiger partial charge in [0.15, 0.2) is 0 Å². The SMILES string of the molecule is O=C(O)c1c(I)c(C(=O)NCCO)c(I)c(C(=O)NCCO)c1I. The normalized spacial score (nSPS) is 10.4. The number of amides is 2. The van der Waals surface area contributed by atoms with E-state index in [1.54, 1.807) is 45.2 Å². The number of carbonyl (C=O) groups is 3. The molecule has 0 saturated heterocycles. The van der Waals surface area contributed by atoms with Crippen molar-refractivity contribution in [3.05, 3.63) is 27.4 Å². The number of halogens is 3. The number of carboxylic acids is 1. The number of carbonyl (C=O) groups excluding carboxylic acids is 2. The average molecular weight is 674 g/mol. The summed E-state index contributed by atoms with van der Waals surface area (Å²) in [4.78, 5) is 36.2. The first-order valence-electron chi connectivity index (χ1n) is 6.49. The van der Waals surface area contributed by atoms with Crippen LogP contribution in [-0.2, 0) is 0 Å². The second-order valence-corrected chi connectivity index (χ2v) is 7.57. The van der Waals surface area contributed by atoms with E-state index in [1.807, 2.05) is 22.6 Å². The van der Waals surface area contributed by atoms with Crippen LogP contribution in [-0.4, -0.2) is 59.4 Å². The first-order valence-corrected chi connectivity index (χ1v) is 9.73. The van der Waals surface area contributed by atoms with Crippen molar-refractivity contribution in [3.8, 4) is 0 Å². The van der Waals surface area contributed by atoms with Crippen molar-refractivity contribution < 1.29 is 29.7 Å². The molecule has 0 saturated carbocycles. The molecule has 0 aliphatic carbocycles. The summed E-state index contributed by atoms with van der Waals surface area (Å²) in [7, 11) is 0. The van der Waals surface area contributed by atoms with Gasteiger partial charge in [-0.1, -0.05) is 0 Å². The highest BCUT2D eigenvalue weighted by Gasteiger charge is 2.30. The zero-order valence-electron chi connectivity index (χ0n) is 12.0. The van der Waals surface area contributed by atoms with Crippen LogP contribution in [0.25, 0.3) is 0 Å². The first-order chi connectivity index (χ1) is 11.3. The van der Waals surface area contributed by atoms with Crippen molar-refractivity contribution in [1.82, 2.24) is 10.6 Å². The predicted molar refractivity (Wildman–Crippen MR) is 110 cm³/mol. The Kier molecular flexibility index (Phi) is 9.10. The van der Waals surface area contributed by atoms with Gasteiger partial charge in [-0.15, -0.1) is 0 Å². The summed E-state index contributed by atoms with van der Waals surface area (Å²) in [6, 6.07) is 0. The summed E-state index contributed by atoms with van der Waals surface area (Å²) in [6.07, 6.45) is 0. The van der Waals surface area contributed by atoms with Crippen molar-refractivity contribution in [2.75, 3.05) is 26.3 Å². The van der Waals surface area contributed by atoms with Crippen LogP contribution in [0.1, 0.15) is 31.1 Å². The quantitative estimate of drug-likeness (QED) is 0.270. The van der Waals surface area contributed by atoms with Crippen molar-refractivity contribution in [2.45, 2.75) is 0 Å². The van der Waals surface area contributed by atoms with Gasteiger partial charge in [-0.3, -0.25) is 9.59 Å². The van der Waals surface area contributed by atoms with Crippen LogP contribution in [0.5, 0.6) is 0 Å². The van der Waals surface area contributed by atoms with Gasteiger partial charge in [0.1, 0.15) is 0 Å². The Bertz CT molecular complexity index is 633. The first kappa shape index (κ1) is 21.8. The molecule has 1 aromatic carbocycles. The minimum absolute atomic E-state index is 0.00538. The summed E-state index contributed by atoms with van der Waals surface area (Å²) in [5, 5.41) is 32.0. The zero-order chi connectivity index (χ0) is 18.4. The maximum atomic E-state index is 12.3. The fourth-order valence-corrected chi connectivity index (χ4v) is 6.37. The van der Waals surface area contributed by atoms with Crippen LogP contribution < -0.4 is 10.6 Å². The van der Waals surface area contributed by atoms with Gasteiger partial charge in [0.05, 0.1) is 29.9 Å². The standard InChI is InChI=1S/C13H13I3N2O6/c14-8-5(11(21)17-1-3-19)9(15)7(13(23)24)10(16)6(8)12(22)18-2-4-20/h19-20H,1-4H2,(H,17,21)(H,18,22)(H,23,24). The lowest BCUT2D eigenvalue weighted by Crippen LogP contribution is -2.32. The molecule has 11 heteroatoms. The Morgan fingerprint density at radius 3 is 1.38 bits per heavy atom. The van der Waals surface area contributed by atoms with Gasteiger partial charge in [-0.25, -0.2) is 4.79 Å². The minimum Gasteiger partial charge on any atom is -0.478 e. The third-order valence-corrected chi connectivity index (χ3v) is 6.02. The maximum Gasteiger partial charge on any atom is 0.337 e. The minimum atomic E-state index is -1.26. The molecule has 0 aliphatic heterocycles. The Hall–Kier alpha value is -0.260. The highest BCUT2D eigenvalue weighted by molar-refractivity contribution is 14.1. The van der Waals surface area contributed by atoms with E-state index >= 15 is 0 Å². The van der Waals surface area contributed by atoms with Gasteiger partial charge in [-0.05, 0) is 67.8 Å². The van der Waals surface area contributed by atoms with Crippen molar-refractivity contribution >= 4 is 85.6 Å². The lowest BCUT2D eigenvalue weighted by atomic mass is 10.0. The molecule has 0 atom stereocenters. The molecule has 24 heavy (non-hydrogen) atoms. The predicted octanol–water partition coefficient (Wildman–Crippen LogP) is 0.643. The molecule has 1 aromatic rings. The molecular formula is C13H13I3N2O6. The maximum absolute atomic E-state index is 12.3. The molecule has 2 amide bonds. The van der Waals surface area contributed by atoms with E-state index in [-0.39, 0.29) is 50.1 Å². The number of nitrogens with one attached hydrogen (secondary N) is 2. The van der Waals surface area contributed by atoms with E-state index < -0.39 is 17.8 Å². The van der Waals surface area contributed by atoms with Crippen molar-refractivity contribution in [2.24, 2.45) is 0 Å². The van der Waals surface area contributed by atoms with Crippen molar-refractivity contribution in [3.63, 3.8) is 0 Å². The fourth-order valence-electron chi connectivity index (χ4n) is 1.77. The summed E-state index contributed by atoms with van der Waals surface area (Å²) in [5.41, 5.74) is -0.00635. The van der Waals surface area contributed by atoms with Crippen LogP contribution in [0.4, 0.5) is 0 Å². The fraction of sp³-hybridized carbons (Fsp3) is 0.308. The molecule has 0 radical (unpaired) electrons. The van der Waals surface area contributed by atoms with Crippen LogP contribution in [0.15, 0.2) is 0 Å². The molecule has 0 heterocycles. The topological polar surface area (TPSA) is 136 Å². The number of aromatic carboxylic acids is 1. The Morgan fingerprint density at radius 2 is 1.08 bits per heavy atom. The van der Waals surface area contributed by atoms with Crippen LogP contribution in [0.3, 0.4) is 0 Å². The van der Waals surface area contributed by atoms with Crippen LogP contribution in [0, 0.1) is 10.7 Å². The molecule has 5 N–H and O–H groups in total. The van der Waals surface area contributed by atoms with Crippen molar-refractivity contribution in [1.29, 1.82) is 0 Å². The molecule has 0 aliphatic rings. The molecular weight excluding hydrogens is 661 g/mol. The molecule has 132 valence electrons. The summed E-state index contributed by atoms with van der Waals surface area (Å²) >= 11 is 5.33. The van der Waals surface area contributed by atoms with Gasteiger partial charge in [0, 0.05) is 23.8 Å². The monoisotopic (exact) mass is 674 g/mol. The number of carboxylic acid groups (broad SMARTS) is 1. The summed E-state index contributed by atoms with van der Waals surface area (Å²) in [6.45, 7) is -0.519. The number of hydrogen-bond acceptors (Lipinski definition) is 5. The van der Waals surface area contributed by atoms with E-state index in [4.69, 9.17) is 10.2 Å². The number of benzene rings is 1. The van der Waals surface area contributed by atoms with Gasteiger partial charge in [0.25, 0.3) is 11.8 Å². The summed E-state index contributed by atoms with van der Waals surface area (Å²) in [5.74, 6) is -2.41. The van der Waals surface area contributed by atoms with Gasteiger partial charge < -0.3 is 26.0 Å². The smallest absolute Gasteiger partial charge is 0.337 e. The molecule has 0 bridgehead atoms. The Balaban J connectivity index is 3.59. The highest BCUT2D eigenvalue weighted by atomic mass is 127. The van der Waals surface area contributed by atoms with Gasteiger partial charge >= 0.3 is 5.97 Å². The number of hydrogen-bond donors (Lipinski definition) is 5. The van der Waals surface area contributed by atoms with Gasteiger partial charge in [-0.2, -0.15) is 0 Å². The lowest BCUT2D eigenvalue weighted by molar-refractivity contribution is 0.0694. The number of aliphatic hydroxyl groups is 2. The third-order valence-electron chi connectivity index (χ3n) is 2.78. The van der Waals surface area contributed by atoms with Crippen LogP contribution in [0.2, 0.25) is 0 Å². The zero-order valence-corrected chi connectivity index (χ0v) is 18.5. The van der Waals surface area contributed by atoms with E-state index in [2.05, 4.69) is 10.6 Å². The molecule has 0 aromatic heterocycles. The van der Waals surface area contributed by atoms with E-state index in [0.717, 1.165) is 0 Å². The Labute approximate surface area is 178 Å². The van der Waals surface area contributed by atoms with E-state index in [1.165, 1.54) is 0 Å². The lowest BCUT2D eigenvalue weighted by Gasteiger charge is -2.17. The second kappa shape index (κ2) is 10.0. The van der Waals surface area contributed by atoms with E-state index in [9.17, 15) is 19.5 Å². The third kappa shape index (κ3) is 4.89. The molecule has 0 spiro atoms. The number of rotatable bonds is 7. The summed E-state index contributed by atoms with van der Waals surface area (Å²) < 4.78 is 0.725.